The summed E-state index contributed by atoms with van der Waals surface area (Å²) >= 11 is 0. The maximum Gasteiger partial charge on any atom is 0.416 e. The highest BCUT2D eigenvalue weighted by molar-refractivity contribution is 5.85. The highest BCUT2D eigenvalue weighted by Gasteiger charge is 2.32. The van der Waals surface area contributed by atoms with Gasteiger partial charge in [-0.15, -0.1) is 0 Å². The number of carboxylic acid groups (broad SMARTS) is 1. The minimum atomic E-state index is -4.43. The number of benzene rings is 1. The third-order valence-corrected chi connectivity index (χ3v) is 3.90. The number of carboxylic acids is 1. The Morgan fingerprint density at radius 2 is 1.96 bits per heavy atom. The first-order valence-electron chi connectivity index (χ1n) is 7.53. The molecular formula is C16H18F3NO4. The highest BCUT2D eigenvalue weighted by atomic mass is 19.4. The second-order valence-electron chi connectivity index (χ2n) is 5.73. The second-order valence-corrected chi connectivity index (χ2v) is 5.73. The number of carbonyl (C=O) groups is 2. The minimum Gasteiger partial charge on any atom is -0.480 e. The maximum atomic E-state index is 12.5. The molecule has 1 aromatic carbocycles. The van der Waals surface area contributed by atoms with Crippen molar-refractivity contribution in [3.63, 3.8) is 0 Å². The van der Waals surface area contributed by atoms with E-state index in [-0.39, 0.29) is 18.9 Å². The van der Waals surface area contributed by atoms with Gasteiger partial charge in [-0.25, -0.2) is 4.79 Å². The lowest BCUT2D eigenvalue weighted by Gasteiger charge is -2.28. The summed E-state index contributed by atoms with van der Waals surface area (Å²) in [5.41, 5.74) is -0.418. The molecular weight excluding hydrogens is 327 g/mol. The van der Waals surface area contributed by atoms with Crippen LogP contribution < -0.4 is 5.32 Å². The van der Waals surface area contributed by atoms with Crippen molar-refractivity contribution in [1.29, 1.82) is 0 Å². The zero-order valence-electron chi connectivity index (χ0n) is 12.8. The van der Waals surface area contributed by atoms with E-state index in [0.717, 1.165) is 18.6 Å². The van der Waals surface area contributed by atoms with Gasteiger partial charge in [-0.05, 0) is 30.5 Å². The van der Waals surface area contributed by atoms with E-state index in [0.29, 0.717) is 18.6 Å². The predicted molar refractivity (Wildman–Crippen MR) is 78.3 cm³/mol. The second kappa shape index (κ2) is 7.65. The van der Waals surface area contributed by atoms with Gasteiger partial charge < -0.3 is 15.2 Å². The third-order valence-electron chi connectivity index (χ3n) is 3.90. The fourth-order valence-corrected chi connectivity index (χ4v) is 2.63. The van der Waals surface area contributed by atoms with E-state index in [2.05, 4.69) is 5.32 Å². The van der Waals surface area contributed by atoms with E-state index in [1.807, 2.05) is 0 Å². The van der Waals surface area contributed by atoms with Crippen LogP contribution in [-0.2, 0) is 26.9 Å². The van der Waals surface area contributed by atoms with Crippen LogP contribution in [0, 0.1) is 5.92 Å². The first-order valence-corrected chi connectivity index (χ1v) is 7.53. The van der Waals surface area contributed by atoms with E-state index >= 15 is 0 Å². The molecule has 2 unspecified atom stereocenters. The molecule has 2 rings (SSSR count). The average Bonchev–Trinajstić information content (AvgIpc) is 2.53. The fraction of sp³-hybridized carbons (Fsp3) is 0.500. The van der Waals surface area contributed by atoms with Crippen LogP contribution in [0.25, 0.3) is 0 Å². The van der Waals surface area contributed by atoms with Gasteiger partial charge in [-0.3, -0.25) is 4.79 Å². The van der Waals surface area contributed by atoms with E-state index in [1.165, 1.54) is 12.1 Å². The van der Waals surface area contributed by atoms with Crippen molar-refractivity contribution in [3.8, 4) is 0 Å². The molecule has 1 saturated heterocycles. The number of rotatable bonds is 5. The molecule has 1 amide bonds. The molecule has 1 heterocycles. The summed E-state index contributed by atoms with van der Waals surface area (Å²) in [5, 5.41) is 11.7. The lowest BCUT2D eigenvalue weighted by atomic mass is 9.93. The van der Waals surface area contributed by atoms with Gasteiger partial charge in [0.05, 0.1) is 18.6 Å². The van der Waals surface area contributed by atoms with Crippen molar-refractivity contribution in [3.05, 3.63) is 35.4 Å². The molecule has 2 atom stereocenters. The summed E-state index contributed by atoms with van der Waals surface area (Å²) in [7, 11) is 0. The standard InChI is InChI=1S/C16H18F3NO4/c17-16(18,19)12-5-3-10(4-6-12)8-13(21)20-14(15(22)23)11-2-1-7-24-9-11/h3-6,11,14H,1-2,7-9H2,(H,20,21)(H,22,23). The number of alkyl halides is 3. The van der Waals surface area contributed by atoms with Gasteiger partial charge in [0.1, 0.15) is 6.04 Å². The molecule has 0 spiro atoms. The molecule has 5 nitrogen and oxygen atoms in total. The zero-order chi connectivity index (χ0) is 17.7. The van der Waals surface area contributed by atoms with Crippen molar-refractivity contribution in [2.24, 2.45) is 5.92 Å². The van der Waals surface area contributed by atoms with Crippen LogP contribution in [0.15, 0.2) is 24.3 Å². The van der Waals surface area contributed by atoms with Crippen LogP contribution in [0.3, 0.4) is 0 Å². The topological polar surface area (TPSA) is 75.6 Å². The van der Waals surface area contributed by atoms with Gasteiger partial charge >= 0.3 is 12.1 Å². The van der Waals surface area contributed by atoms with Crippen molar-refractivity contribution >= 4 is 11.9 Å². The third kappa shape index (κ3) is 4.95. The molecule has 0 saturated carbocycles. The average molecular weight is 345 g/mol. The number of amides is 1. The summed E-state index contributed by atoms with van der Waals surface area (Å²) in [6.45, 7) is 0.833. The van der Waals surface area contributed by atoms with Crippen LogP contribution in [-0.4, -0.2) is 36.2 Å². The van der Waals surface area contributed by atoms with Crippen LogP contribution in [0.1, 0.15) is 24.0 Å². The molecule has 1 fully saturated rings. The van der Waals surface area contributed by atoms with Crippen molar-refractivity contribution in [1.82, 2.24) is 5.32 Å². The van der Waals surface area contributed by atoms with Crippen LogP contribution in [0.2, 0.25) is 0 Å². The summed E-state index contributed by atoms with van der Waals surface area (Å²) in [6, 6.07) is 3.15. The Morgan fingerprint density at radius 1 is 1.29 bits per heavy atom. The van der Waals surface area contributed by atoms with E-state index in [9.17, 15) is 27.9 Å². The molecule has 132 valence electrons. The van der Waals surface area contributed by atoms with Gasteiger partial charge in [0.2, 0.25) is 5.91 Å². The molecule has 2 N–H and O–H groups in total. The number of halogens is 3. The monoisotopic (exact) mass is 345 g/mol. The number of ether oxygens (including phenoxy) is 1. The SMILES string of the molecule is O=C(Cc1ccc(C(F)(F)F)cc1)NC(C(=O)O)C1CCCOC1. The van der Waals surface area contributed by atoms with Gasteiger partial charge in [0.25, 0.3) is 0 Å². The Hall–Kier alpha value is -2.09. The molecule has 1 aliphatic heterocycles. The summed E-state index contributed by atoms with van der Waals surface area (Å²) in [5.74, 6) is -2.01. The van der Waals surface area contributed by atoms with Gasteiger partial charge in [-0.1, -0.05) is 12.1 Å². The molecule has 0 aliphatic carbocycles. The van der Waals surface area contributed by atoms with Crippen molar-refractivity contribution in [2.75, 3.05) is 13.2 Å². The van der Waals surface area contributed by atoms with E-state index < -0.39 is 29.7 Å². The molecule has 1 aliphatic rings. The molecule has 0 aromatic heterocycles. The molecule has 1 aromatic rings. The maximum absolute atomic E-state index is 12.5. The minimum absolute atomic E-state index is 0.185. The molecule has 0 radical (unpaired) electrons. The Balaban J connectivity index is 1.96. The number of aliphatic carboxylic acids is 1. The number of carbonyl (C=O) groups excluding carboxylic acids is 1. The van der Waals surface area contributed by atoms with Crippen LogP contribution >= 0.6 is 0 Å². The molecule has 24 heavy (non-hydrogen) atoms. The van der Waals surface area contributed by atoms with Crippen molar-refractivity contribution < 1.29 is 32.6 Å². The van der Waals surface area contributed by atoms with Gasteiger partial charge in [0, 0.05) is 12.5 Å². The quantitative estimate of drug-likeness (QED) is 0.858. The number of hydrogen-bond donors (Lipinski definition) is 2. The largest absolute Gasteiger partial charge is 0.480 e. The smallest absolute Gasteiger partial charge is 0.416 e. The van der Waals surface area contributed by atoms with Gasteiger partial charge in [0.15, 0.2) is 0 Å². The molecule has 0 bridgehead atoms. The van der Waals surface area contributed by atoms with Crippen LogP contribution in [0.5, 0.6) is 0 Å². The normalized spacial score (nSPS) is 19.5. The van der Waals surface area contributed by atoms with E-state index in [4.69, 9.17) is 4.74 Å². The number of nitrogens with one attached hydrogen (secondary N) is 1. The summed E-state index contributed by atoms with van der Waals surface area (Å²) in [6.07, 6.45) is -3.26. The lowest BCUT2D eigenvalue weighted by Crippen LogP contribution is -2.48. The Labute approximate surface area is 136 Å². The summed E-state index contributed by atoms with van der Waals surface area (Å²) in [4.78, 5) is 23.4. The van der Waals surface area contributed by atoms with Gasteiger partial charge in [-0.2, -0.15) is 13.2 Å². The first-order chi connectivity index (χ1) is 11.3. The van der Waals surface area contributed by atoms with Crippen molar-refractivity contribution in [2.45, 2.75) is 31.5 Å². The summed E-state index contributed by atoms with van der Waals surface area (Å²) < 4.78 is 42.7. The lowest BCUT2D eigenvalue weighted by molar-refractivity contribution is -0.145. The highest BCUT2D eigenvalue weighted by Crippen LogP contribution is 2.29. The predicted octanol–water partition coefficient (Wildman–Crippen LogP) is 2.24. The molecule has 8 heteroatoms. The fourth-order valence-electron chi connectivity index (χ4n) is 2.63. The van der Waals surface area contributed by atoms with Crippen LogP contribution in [0.4, 0.5) is 13.2 Å². The zero-order valence-corrected chi connectivity index (χ0v) is 12.8. The Kier molecular flexibility index (Phi) is 5.82. The first kappa shape index (κ1) is 18.3. The Morgan fingerprint density at radius 3 is 2.46 bits per heavy atom. The number of hydrogen-bond acceptors (Lipinski definition) is 3. The van der Waals surface area contributed by atoms with E-state index in [1.54, 1.807) is 0 Å². The Bertz CT molecular complexity index is 580.